The monoisotopic (exact) mass is 503 g/mol. The van der Waals surface area contributed by atoms with Gasteiger partial charge in [0.15, 0.2) is 0 Å². The predicted molar refractivity (Wildman–Crippen MR) is 129 cm³/mol. The quantitative estimate of drug-likeness (QED) is 0.478. The zero-order valence-corrected chi connectivity index (χ0v) is 20.5. The second kappa shape index (κ2) is 17.0. The zero-order chi connectivity index (χ0) is 23.1. The Bertz CT molecular complexity index is 688. The standard InChI is InChI=1S/C21H28N5O2.C5H5.Fe/c27-20-15-21(28)24-10-12-26(17-19-7-3-4-8-22-19)14-13-25(11-9-23-20)16-18-5-1-2-6-18;1-2-4-5-3-1;/h1-8H,9-17H2,(H,23,27)(H,24,28);1-5H;/q;;+2. The summed E-state index contributed by atoms with van der Waals surface area (Å²) in [5, 5.41) is 5.69. The van der Waals surface area contributed by atoms with Crippen molar-refractivity contribution in [1.82, 2.24) is 25.4 Å². The topological polar surface area (TPSA) is 77.6 Å². The van der Waals surface area contributed by atoms with E-state index in [2.05, 4.69) is 38.3 Å². The van der Waals surface area contributed by atoms with Crippen LogP contribution in [0.2, 0.25) is 0 Å². The number of pyridine rings is 1. The van der Waals surface area contributed by atoms with Crippen molar-refractivity contribution in [2.45, 2.75) is 13.0 Å². The van der Waals surface area contributed by atoms with Crippen LogP contribution in [0.5, 0.6) is 0 Å². The molecule has 0 bridgehead atoms. The van der Waals surface area contributed by atoms with Gasteiger partial charge in [-0.15, -0.1) is 0 Å². The summed E-state index contributed by atoms with van der Waals surface area (Å²) in [6.45, 7) is 5.83. The number of hydrogen-bond acceptors (Lipinski definition) is 5. The van der Waals surface area contributed by atoms with Crippen molar-refractivity contribution >= 4 is 11.8 Å². The minimum atomic E-state index is -0.233. The molecule has 2 amide bonds. The van der Waals surface area contributed by atoms with Crippen LogP contribution in [-0.4, -0.2) is 72.4 Å². The molecular formula is C26H33FeN5O2+2. The molecule has 2 aliphatic carbocycles. The summed E-state index contributed by atoms with van der Waals surface area (Å²) >= 11 is 0. The van der Waals surface area contributed by atoms with Crippen LogP contribution < -0.4 is 10.6 Å². The molecule has 2 heterocycles. The van der Waals surface area contributed by atoms with Crippen molar-refractivity contribution in [2.24, 2.45) is 0 Å². The van der Waals surface area contributed by atoms with E-state index in [1.807, 2.05) is 63.1 Å². The first-order chi connectivity index (χ1) is 16.2. The van der Waals surface area contributed by atoms with Crippen molar-refractivity contribution in [2.75, 3.05) is 45.8 Å². The van der Waals surface area contributed by atoms with E-state index in [4.69, 9.17) is 0 Å². The molecular weight excluding hydrogens is 470 g/mol. The summed E-state index contributed by atoms with van der Waals surface area (Å²) in [6, 6.07) is 5.92. The number of carbonyl (C=O) groups excluding carboxylic acids is 2. The van der Waals surface area contributed by atoms with Crippen LogP contribution in [0.3, 0.4) is 0 Å². The summed E-state index contributed by atoms with van der Waals surface area (Å²) in [4.78, 5) is 32.9. The van der Waals surface area contributed by atoms with Crippen LogP contribution in [0.15, 0.2) is 24.4 Å². The maximum absolute atomic E-state index is 11.9. The Balaban J connectivity index is 0.000000603. The van der Waals surface area contributed by atoms with Gasteiger partial charge in [0.05, 0.1) is 5.69 Å². The van der Waals surface area contributed by atoms with Crippen molar-refractivity contribution in [3.63, 3.8) is 0 Å². The maximum Gasteiger partial charge on any atom is 2.00 e. The number of rotatable bonds is 4. The fraction of sp³-hybridized carbons (Fsp3) is 0.346. The van der Waals surface area contributed by atoms with E-state index in [0.717, 1.165) is 38.4 Å². The van der Waals surface area contributed by atoms with E-state index in [9.17, 15) is 9.59 Å². The number of hydrogen-bond donors (Lipinski definition) is 2. The van der Waals surface area contributed by atoms with Crippen molar-refractivity contribution < 1.29 is 26.7 Å². The van der Waals surface area contributed by atoms with Crippen molar-refractivity contribution in [3.8, 4) is 0 Å². The number of nitrogens with one attached hydrogen (secondary N) is 2. The molecule has 3 fully saturated rings. The molecule has 2 N–H and O–H groups in total. The first-order valence-electron chi connectivity index (χ1n) is 11.4. The van der Waals surface area contributed by atoms with Crippen LogP contribution in [-0.2, 0) is 33.2 Å². The van der Waals surface area contributed by atoms with Gasteiger partial charge < -0.3 is 10.6 Å². The Kier molecular flexibility index (Phi) is 14.4. The SMILES string of the molecule is O=C1CC(=O)NCCN(Cc2ccccn2)CCN(C[C]2[CH][CH][CH][CH]2)CCN1.[CH]1[CH][CH][CH][CH]1.[Fe+2]. The summed E-state index contributed by atoms with van der Waals surface area (Å²) in [6.07, 6.45) is 20.0. The number of amides is 2. The molecule has 1 aliphatic heterocycles. The van der Waals surface area contributed by atoms with Gasteiger partial charge in [0.2, 0.25) is 11.8 Å². The van der Waals surface area contributed by atoms with E-state index in [1.165, 1.54) is 5.92 Å². The molecule has 7 nitrogen and oxygen atoms in total. The van der Waals surface area contributed by atoms with Crippen LogP contribution in [0.25, 0.3) is 0 Å². The first-order valence-corrected chi connectivity index (χ1v) is 11.4. The molecule has 3 aliphatic rings. The van der Waals surface area contributed by atoms with Crippen molar-refractivity contribution in [3.05, 3.63) is 93.8 Å². The van der Waals surface area contributed by atoms with E-state index >= 15 is 0 Å². The van der Waals surface area contributed by atoms with E-state index in [0.29, 0.717) is 19.6 Å². The van der Waals surface area contributed by atoms with Crippen LogP contribution in [0.4, 0.5) is 0 Å². The number of aromatic nitrogens is 1. The van der Waals surface area contributed by atoms with E-state index in [-0.39, 0.29) is 35.3 Å². The van der Waals surface area contributed by atoms with Gasteiger partial charge in [-0.25, -0.2) is 0 Å². The molecule has 1 aromatic rings. The van der Waals surface area contributed by atoms with Gasteiger partial charge in [-0.05, 0) is 75.8 Å². The second-order valence-electron chi connectivity index (χ2n) is 8.01. The summed E-state index contributed by atoms with van der Waals surface area (Å²) in [5.41, 5.74) is 1.01. The second-order valence-corrected chi connectivity index (χ2v) is 8.01. The summed E-state index contributed by atoms with van der Waals surface area (Å²) in [5.74, 6) is 0.808. The predicted octanol–water partition coefficient (Wildman–Crippen LogP) is 1.25. The molecule has 0 unspecified atom stereocenters. The van der Waals surface area contributed by atoms with Crippen molar-refractivity contribution in [1.29, 1.82) is 0 Å². The van der Waals surface area contributed by atoms with Crippen LogP contribution in [0.1, 0.15) is 12.1 Å². The van der Waals surface area contributed by atoms with Gasteiger partial charge >= 0.3 is 17.1 Å². The average Bonchev–Trinajstić information content (AvgIpc) is 3.54. The smallest absolute Gasteiger partial charge is 0.354 e. The first kappa shape index (κ1) is 28.8. The maximum atomic E-state index is 11.9. The molecule has 0 spiro atoms. The molecule has 180 valence electrons. The Hall–Kier alpha value is -1.47. The average molecular weight is 503 g/mol. The minimum Gasteiger partial charge on any atom is -0.354 e. The third-order valence-electron chi connectivity index (χ3n) is 5.36. The molecule has 4 rings (SSSR count). The molecule has 34 heavy (non-hydrogen) atoms. The van der Waals surface area contributed by atoms with Gasteiger partial charge in [0, 0.05) is 58.6 Å². The van der Waals surface area contributed by atoms with Gasteiger partial charge in [0.1, 0.15) is 6.42 Å². The molecule has 2 saturated carbocycles. The zero-order valence-electron chi connectivity index (χ0n) is 19.4. The molecule has 1 aromatic heterocycles. The van der Waals surface area contributed by atoms with Gasteiger partial charge in [-0.2, -0.15) is 0 Å². The molecule has 8 heteroatoms. The van der Waals surface area contributed by atoms with Gasteiger partial charge in [-0.1, -0.05) is 6.07 Å². The minimum absolute atomic E-state index is 0. The molecule has 1 saturated heterocycles. The van der Waals surface area contributed by atoms with Crippen LogP contribution in [0, 0.1) is 63.7 Å². The molecule has 0 aromatic carbocycles. The van der Waals surface area contributed by atoms with Crippen LogP contribution >= 0.6 is 0 Å². The Morgan fingerprint density at radius 2 is 1.29 bits per heavy atom. The largest absolute Gasteiger partial charge is 2.00 e. The Morgan fingerprint density at radius 3 is 1.82 bits per heavy atom. The van der Waals surface area contributed by atoms with Gasteiger partial charge in [0.25, 0.3) is 0 Å². The Morgan fingerprint density at radius 1 is 0.735 bits per heavy atom. The Labute approximate surface area is 216 Å². The fourth-order valence-electron chi connectivity index (χ4n) is 3.62. The summed E-state index contributed by atoms with van der Waals surface area (Å²) in [7, 11) is 0. The normalized spacial score (nSPS) is 21.6. The fourth-order valence-corrected chi connectivity index (χ4v) is 3.62. The van der Waals surface area contributed by atoms with Gasteiger partial charge in [-0.3, -0.25) is 24.4 Å². The third kappa shape index (κ3) is 11.8. The van der Waals surface area contributed by atoms with E-state index < -0.39 is 0 Å². The summed E-state index contributed by atoms with van der Waals surface area (Å²) < 4.78 is 0. The molecule has 10 radical (unpaired) electrons. The number of carbonyl (C=O) groups is 2. The van der Waals surface area contributed by atoms with E-state index in [1.54, 1.807) is 6.20 Å². The molecule has 0 atom stereocenters. The third-order valence-corrected chi connectivity index (χ3v) is 5.36. The number of nitrogens with zero attached hydrogens (tertiary/aromatic N) is 3.